The third kappa shape index (κ3) is 4.91. The summed E-state index contributed by atoms with van der Waals surface area (Å²) in [4.78, 5) is 30.1. The van der Waals surface area contributed by atoms with Crippen molar-refractivity contribution in [2.75, 3.05) is 19.0 Å². The van der Waals surface area contributed by atoms with Gasteiger partial charge in [-0.1, -0.05) is 66.7 Å². The number of fused-ring (bicyclic) bond motifs is 1. The normalized spacial score (nSPS) is 10.7. The largest absolute Gasteiger partial charge is 0.452 e. The Hall–Kier alpha value is -4.03. The molecule has 1 amide bonds. The van der Waals surface area contributed by atoms with Gasteiger partial charge in [0.25, 0.3) is 5.91 Å². The Morgan fingerprint density at radius 2 is 1.61 bits per heavy atom. The van der Waals surface area contributed by atoms with Crippen LogP contribution in [-0.4, -0.2) is 30.6 Å². The molecule has 0 aliphatic heterocycles. The fraction of sp³-hybridized carbons (Fsp3) is 0.148. The van der Waals surface area contributed by atoms with Crippen LogP contribution in [0.2, 0.25) is 0 Å². The first-order chi connectivity index (χ1) is 16.1. The van der Waals surface area contributed by atoms with Crippen molar-refractivity contribution in [2.24, 2.45) is 0 Å². The average molecular weight is 440 g/mol. The van der Waals surface area contributed by atoms with Gasteiger partial charge < -0.3 is 14.8 Å². The molecular weight excluding hydrogens is 416 g/mol. The molecule has 0 bridgehead atoms. The predicted octanol–water partition coefficient (Wildman–Crippen LogP) is 5.15. The second-order valence-corrected chi connectivity index (χ2v) is 7.54. The molecule has 1 heterocycles. The van der Waals surface area contributed by atoms with Gasteiger partial charge in [-0.3, -0.25) is 4.79 Å². The molecule has 0 saturated heterocycles. The van der Waals surface area contributed by atoms with Crippen LogP contribution in [0.3, 0.4) is 0 Å². The Balaban J connectivity index is 1.51. The van der Waals surface area contributed by atoms with E-state index in [0.29, 0.717) is 16.9 Å². The summed E-state index contributed by atoms with van der Waals surface area (Å²) in [7, 11) is 1.54. The number of rotatable bonds is 7. The molecule has 0 unspecified atom stereocenters. The number of amides is 1. The zero-order valence-electron chi connectivity index (χ0n) is 18.5. The summed E-state index contributed by atoms with van der Waals surface area (Å²) < 4.78 is 10.6. The van der Waals surface area contributed by atoms with Crippen molar-refractivity contribution in [2.45, 2.75) is 13.5 Å². The summed E-state index contributed by atoms with van der Waals surface area (Å²) in [5, 5.41) is 3.70. The van der Waals surface area contributed by atoms with E-state index in [-0.39, 0.29) is 6.61 Å². The molecule has 0 spiro atoms. The highest BCUT2D eigenvalue weighted by Crippen LogP contribution is 2.28. The average Bonchev–Trinajstić information content (AvgIpc) is 2.84. The summed E-state index contributed by atoms with van der Waals surface area (Å²) in [5.41, 5.74) is 4.83. The van der Waals surface area contributed by atoms with Crippen molar-refractivity contribution in [1.29, 1.82) is 0 Å². The van der Waals surface area contributed by atoms with Gasteiger partial charge in [-0.2, -0.15) is 0 Å². The molecule has 1 aromatic heterocycles. The Bertz CT molecular complexity index is 1300. The van der Waals surface area contributed by atoms with Crippen LogP contribution >= 0.6 is 0 Å². The number of benzene rings is 3. The van der Waals surface area contributed by atoms with E-state index < -0.39 is 18.5 Å². The summed E-state index contributed by atoms with van der Waals surface area (Å²) in [6, 6.07) is 24.8. The van der Waals surface area contributed by atoms with Gasteiger partial charge in [-0.25, -0.2) is 9.78 Å². The van der Waals surface area contributed by atoms with E-state index in [4.69, 9.17) is 9.47 Å². The van der Waals surface area contributed by atoms with Gasteiger partial charge in [-0.05, 0) is 30.2 Å². The first kappa shape index (κ1) is 22.2. The molecule has 33 heavy (non-hydrogen) atoms. The summed E-state index contributed by atoms with van der Waals surface area (Å²) in [6.45, 7) is 1.59. The molecule has 166 valence electrons. The van der Waals surface area contributed by atoms with Gasteiger partial charge in [0, 0.05) is 23.7 Å². The van der Waals surface area contributed by atoms with Crippen molar-refractivity contribution in [1.82, 2.24) is 4.98 Å². The number of aryl methyl sites for hydroxylation is 1. The number of esters is 1. The SMILES string of the molecule is COCc1nc2ccccc2c(C)c1C(=O)OCC(=O)Nc1ccccc1-c1ccccc1. The predicted molar refractivity (Wildman–Crippen MR) is 128 cm³/mol. The standard InChI is InChI=1S/C27H24N2O4/c1-18-20-12-6-8-14-22(20)28-24(16-32-2)26(18)27(31)33-17-25(30)29-23-15-9-7-13-21(23)19-10-4-3-5-11-19/h3-15H,16-17H2,1-2H3,(H,29,30). The zero-order chi connectivity index (χ0) is 23.2. The molecular formula is C27H24N2O4. The van der Waals surface area contributed by atoms with Crippen molar-refractivity contribution >= 4 is 28.5 Å². The number of aromatic nitrogens is 1. The second-order valence-electron chi connectivity index (χ2n) is 7.54. The van der Waals surface area contributed by atoms with Crippen LogP contribution in [-0.2, 0) is 20.9 Å². The highest BCUT2D eigenvalue weighted by atomic mass is 16.5. The van der Waals surface area contributed by atoms with Gasteiger partial charge in [0.15, 0.2) is 6.61 Å². The maximum atomic E-state index is 13.0. The molecule has 3 aromatic carbocycles. The lowest BCUT2D eigenvalue weighted by Crippen LogP contribution is -2.22. The third-order valence-electron chi connectivity index (χ3n) is 5.33. The van der Waals surface area contributed by atoms with Gasteiger partial charge >= 0.3 is 5.97 Å². The minimum absolute atomic E-state index is 0.159. The molecule has 1 N–H and O–H groups in total. The first-order valence-corrected chi connectivity index (χ1v) is 10.6. The molecule has 0 aliphatic rings. The van der Waals surface area contributed by atoms with Crippen LogP contribution in [0.5, 0.6) is 0 Å². The number of anilines is 1. The minimum atomic E-state index is -0.607. The Labute approximate surface area is 192 Å². The summed E-state index contributed by atoms with van der Waals surface area (Å²) in [5.74, 6) is -1.03. The van der Waals surface area contributed by atoms with Crippen LogP contribution in [0.25, 0.3) is 22.0 Å². The summed E-state index contributed by atoms with van der Waals surface area (Å²) >= 11 is 0. The number of hydrogen-bond acceptors (Lipinski definition) is 5. The van der Waals surface area contributed by atoms with Crippen molar-refractivity contribution in [3.63, 3.8) is 0 Å². The number of nitrogens with one attached hydrogen (secondary N) is 1. The smallest absolute Gasteiger partial charge is 0.340 e. The lowest BCUT2D eigenvalue weighted by Gasteiger charge is -2.14. The quantitative estimate of drug-likeness (QED) is 0.402. The molecule has 6 nitrogen and oxygen atoms in total. The molecule has 0 saturated carbocycles. The molecule has 4 rings (SSSR count). The Morgan fingerprint density at radius 3 is 2.39 bits per heavy atom. The van der Waals surface area contributed by atoms with E-state index in [1.165, 1.54) is 0 Å². The highest BCUT2D eigenvalue weighted by Gasteiger charge is 2.21. The van der Waals surface area contributed by atoms with Gasteiger partial charge in [0.2, 0.25) is 0 Å². The van der Waals surface area contributed by atoms with Gasteiger partial charge in [0.1, 0.15) is 0 Å². The van der Waals surface area contributed by atoms with Crippen LogP contribution in [0.4, 0.5) is 5.69 Å². The van der Waals surface area contributed by atoms with Crippen LogP contribution in [0, 0.1) is 6.92 Å². The first-order valence-electron chi connectivity index (χ1n) is 10.6. The number of methoxy groups -OCH3 is 1. The fourth-order valence-electron chi connectivity index (χ4n) is 3.80. The molecule has 0 radical (unpaired) electrons. The van der Waals surface area contributed by atoms with Crippen LogP contribution in [0.1, 0.15) is 21.6 Å². The maximum absolute atomic E-state index is 13.0. The van der Waals surface area contributed by atoms with E-state index in [1.807, 2.05) is 85.8 Å². The minimum Gasteiger partial charge on any atom is -0.452 e. The number of nitrogens with zero attached hydrogens (tertiary/aromatic N) is 1. The molecule has 0 atom stereocenters. The molecule has 0 fully saturated rings. The van der Waals surface area contributed by atoms with Gasteiger partial charge in [0.05, 0.1) is 23.4 Å². The Morgan fingerprint density at radius 1 is 0.909 bits per heavy atom. The molecule has 0 aliphatic carbocycles. The number of ether oxygens (including phenoxy) is 2. The molecule has 4 aromatic rings. The van der Waals surface area contributed by atoms with E-state index in [9.17, 15) is 9.59 Å². The number of para-hydroxylation sites is 2. The van der Waals surface area contributed by atoms with E-state index in [0.717, 1.165) is 27.6 Å². The highest BCUT2D eigenvalue weighted by molar-refractivity contribution is 6.01. The van der Waals surface area contributed by atoms with Crippen molar-refractivity contribution in [3.8, 4) is 11.1 Å². The number of pyridine rings is 1. The van der Waals surface area contributed by atoms with Gasteiger partial charge in [-0.15, -0.1) is 0 Å². The maximum Gasteiger partial charge on any atom is 0.340 e. The number of carbonyl (C=O) groups excluding carboxylic acids is 2. The third-order valence-corrected chi connectivity index (χ3v) is 5.33. The lowest BCUT2D eigenvalue weighted by atomic mass is 10.0. The van der Waals surface area contributed by atoms with Crippen LogP contribution in [0.15, 0.2) is 78.9 Å². The van der Waals surface area contributed by atoms with E-state index >= 15 is 0 Å². The number of hydrogen-bond donors (Lipinski definition) is 1. The lowest BCUT2D eigenvalue weighted by molar-refractivity contribution is -0.119. The fourth-order valence-corrected chi connectivity index (χ4v) is 3.80. The molecule has 6 heteroatoms. The number of carbonyl (C=O) groups is 2. The topological polar surface area (TPSA) is 77.5 Å². The van der Waals surface area contributed by atoms with Crippen molar-refractivity contribution in [3.05, 3.63) is 95.7 Å². The van der Waals surface area contributed by atoms with E-state index in [1.54, 1.807) is 7.11 Å². The van der Waals surface area contributed by atoms with E-state index in [2.05, 4.69) is 10.3 Å². The zero-order valence-corrected chi connectivity index (χ0v) is 18.5. The Kier molecular flexibility index (Phi) is 6.76. The monoisotopic (exact) mass is 440 g/mol. The summed E-state index contributed by atoms with van der Waals surface area (Å²) in [6.07, 6.45) is 0. The second kappa shape index (κ2) is 10.1. The van der Waals surface area contributed by atoms with Crippen molar-refractivity contribution < 1.29 is 19.1 Å². The van der Waals surface area contributed by atoms with Crippen LogP contribution < -0.4 is 5.32 Å².